The number of pyridine rings is 1. The number of hydrogen-bond donors (Lipinski definition) is 1. The first-order valence-corrected chi connectivity index (χ1v) is 13.9. The van der Waals surface area contributed by atoms with Crippen molar-refractivity contribution in [1.82, 2.24) is 24.5 Å². The Hall–Kier alpha value is -2.51. The molecule has 2 aliphatic carbocycles. The van der Waals surface area contributed by atoms with Crippen LogP contribution in [0.2, 0.25) is 0 Å². The van der Waals surface area contributed by atoms with E-state index in [1.165, 1.54) is 63.0 Å². The van der Waals surface area contributed by atoms with Gasteiger partial charge in [-0.2, -0.15) is 5.10 Å². The van der Waals surface area contributed by atoms with Crippen molar-refractivity contribution in [2.24, 2.45) is 5.92 Å². The summed E-state index contributed by atoms with van der Waals surface area (Å²) in [6, 6.07) is 0. The van der Waals surface area contributed by atoms with Crippen LogP contribution < -0.4 is 0 Å². The van der Waals surface area contributed by atoms with Crippen molar-refractivity contribution in [3.05, 3.63) is 39.7 Å². The average molecular weight is 488 g/mol. The van der Waals surface area contributed by atoms with E-state index in [1.807, 2.05) is 15.9 Å². The number of nitrogens with one attached hydrogen (secondary N) is 1. The molecule has 2 fully saturated rings. The van der Waals surface area contributed by atoms with E-state index in [1.54, 1.807) is 18.1 Å². The van der Waals surface area contributed by atoms with Crippen molar-refractivity contribution in [2.45, 2.75) is 71.1 Å². The standard InChI is InChI=1S/C28H33N5OS/c1-15(2)22-23-17(4)25(28-8-9-32(11-16(3)34)12-18(28)10-28)35-27(23)31-24(22)21-13-33-26(29-14-30-33)20-7-5-6-19(20)21/h13-15,18,31H,5-12H2,1-4H3. The molecule has 7 heteroatoms. The van der Waals surface area contributed by atoms with Gasteiger partial charge >= 0.3 is 0 Å². The van der Waals surface area contributed by atoms with Gasteiger partial charge in [0.05, 0.1) is 12.2 Å². The molecule has 1 aliphatic heterocycles. The molecule has 5 heterocycles. The summed E-state index contributed by atoms with van der Waals surface area (Å²) in [5, 5.41) is 5.95. The van der Waals surface area contributed by atoms with Crippen LogP contribution in [0.3, 0.4) is 0 Å². The number of ketones is 1. The summed E-state index contributed by atoms with van der Waals surface area (Å²) in [5.41, 5.74) is 9.72. The highest BCUT2D eigenvalue weighted by molar-refractivity contribution is 7.19. The number of rotatable bonds is 5. The van der Waals surface area contributed by atoms with Crippen molar-refractivity contribution in [3.63, 3.8) is 0 Å². The zero-order chi connectivity index (χ0) is 24.1. The highest BCUT2D eigenvalue weighted by Gasteiger charge is 2.59. The summed E-state index contributed by atoms with van der Waals surface area (Å²) in [5.74, 6) is 1.40. The first kappa shape index (κ1) is 21.7. The van der Waals surface area contributed by atoms with Crippen LogP contribution in [-0.2, 0) is 23.1 Å². The summed E-state index contributed by atoms with van der Waals surface area (Å²) in [7, 11) is 0. The van der Waals surface area contributed by atoms with Gasteiger partial charge in [-0.1, -0.05) is 13.8 Å². The lowest BCUT2D eigenvalue weighted by Crippen LogP contribution is -2.38. The Balaban J connectivity index is 1.34. The second-order valence-electron chi connectivity index (χ2n) is 11.5. The molecule has 6 nitrogen and oxygen atoms in total. The van der Waals surface area contributed by atoms with Gasteiger partial charge in [0, 0.05) is 39.5 Å². The molecular weight excluding hydrogens is 454 g/mol. The van der Waals surface area contributed by atoms with Gasteiger partial charge in [-0.25, -0.2) is 9.50 Å². The van der Waals surface area contributed by atoms with Crippen LogP contribution in [0.1, 0.15) is 73.1 Å². The number of fused-ring (bicyclic) bond motifs is 5. The largest absolute Gasteiger partial charge is 0.346 e. The minimum absolute atomic E-state index is 0.281. The second kappa shape index (κ2) is 7.50. The molecule has 7 rings (SSSR count). The lowest BCUT2D eigenvalue weighted by molar-refractivity contribution is -0.118. The van der Waals surface area contributed by atoms with Crippen LogP contribution >= 0.6 is 11.3 Å². The smallest absolute Gasteiger partial charge is 0.158 e. The number of carbonyl (C=O) groups is 1. The van der Waals surface area contributed by atoms with Crippen LogP contribution in [0.15, 0.2) is 12.5 Å². The third-order valence-electron chi connectivity index (χ3n) is 8.89. The SMILES string of the molecule is CC(=O)CN1CCC2(c3sc4[nH]c(-c5cn6ncnc6c6c5CCC6)c(C(C)C)c4c3C)CC2C1. The number of H-pyrrole nitrogens is 1. The van der Waals surface area contributed by atoms with E-state index in [4.69, 9.17) is 0 Å². The maximum atomic E-state index is 11.6. The van der Waals surface area contributed by atoms with E-state index in [2.05, 4.69) is 46.9 Å². The van der Waals surface area contributed by atoms with E-state index in [9.17, 15) is 4.79 Å². The fraction of sp³-hybridized carbons (Fsp3) is 0.536. The lowest BCUT2D eigenvalue weighted by atomic mass is 9.88. The predicted octanol–water partition coefficient (Wildman–Crippen LogP) is 5.41. The first-order chi connectivity index (χ1) is 16.9. The molecule has 0 spiro atoms. The van der Waals surface area contributed by atoms with Gasteiger partial charge in [0.25, 0.3) is 0 Å². The first-order valence-electron chi connectivity index (χ1n) is 13.1. The van der Waals surface area contributed by atoms with Gasteiger partial charge in [0.2, 0.25) is 0 Å². The summed E-state index contributed by atoms with van der Waals surface area (Å²) in [6.45, 7) is 11.4. The van der Waals surface area contributed by atoms with E-state index >= 15 is 0 Å². The molecule has 0 aromatic carbocycles. The predicted molar refractivity (Wildman–Crippen MR) is 141 cm³/mol. The molecular formula is C28H33N5OS. The highest BCUT2D eigenvalue weighted by atomic mass is 32.1. The van der Waals surface area contributed by atoms with E-state index in [0.29, 0.717) is 23.8 Å². The molecule has 1 saturated heterocycles. The number of likely N-dealkylation sites (tertiary alicyclic amines) is 1. The molecule has 35 heavy (non-hydrogen) atoms. The average Bonchev–Trinajstić information content (AvgIpc) is 3.29. The minimum Gasteiger partial charge on any atom is -0.346 e. The topological polar surface area (TPSA) is 66.3 Å². The number of aromatic nitrogens is 4. The van der Waals surface area contributed by atoms with Gasteiger partial charge in [-0.15, -0.1) is 11.3 Å². The Labute approximate surface area is 209 Å². The lowest BCUT2D eigenvalue weighted by Gasteiger charge is -2.31. The number of Topliss-reactive ketones (excluding diaryl/α,β-unsaturated/α-hetero) is 1. The fourth-order valence-electron chi connectivity index (χ4n) is 7.30. The second-order valence-corrected chi connectivity index (χ2v) is 12.5. The van der Waals surface area contributed by atoms with Crippen molar-refractivity contribution < 1.29 is 4.79 Å². The Kier molecular flexibility index (Phi) is 4.66. The summed E-state index contributed by atoms with van der Waals surface area (Å²) in [4.78, 5) is 25.4. The molecule has 2 atom stereocenters. The molecule has 182 valence electrons. The van der Waals surface area contributed by atoms with E-state index in [-0.39, 0.29) is 5.78 Å². The number of carbonyl (C=O) groups excluding carboxylic acids is 1. The Morgan fingerprint density at radius 3 is 2.91 bits per heavy atom. The number of piperidine rings is 1. The van der Waals surface area contributed by atoms with Crippen LogP contribution in [-0.4, -0.2) is 49.9 Å². The van der Waals surface area contributed by atoms with E-state index < -0.39 is 0 Å². The zero-order valence-electron chi connectivity index (χ0n) is 21.1. The van der Waals surface area contributed by atoms with Gasteiger partial charge < -0.3 is 4.98 Å². The molecule has 3 aliphatic rings. The quantitative estimate of drug-likeness (QED) is 0.409. The minimum atomic E-state index is 0.281. The van der Waals surface area contributed by atoms with Crippen LogP contribution in [0.5, 0.6) is 0 Å². The van der Waals surface area contributed by atoms with Crippen molar-refractivity contribution in [2.75, 3.05) is 19.6 Å². The number of hydrogen-bond acceptors (Lipinski definition) is 5. The fourth-order valence-corrected chi connectivity index (χ4v) is 8.83. The van der Waals surface area contributed by atoms with Crippen molar-refractivity contribution in [1.29, 1.82) is 0 Å². The molecule has 0 amide bonds. The molecule has 1 saturated carbocycles. The maximum Gasteiger partial charge on any atom is 0.158 e. The number of aryl methyl sites for hydroxylation is 2. The zero-order valence-corrected chi connectivity index (χ0v) is 21.9. The highest BCUT2D eigenvalue weighted by Crippen LogP contribution is 2.63. The van der Waals surface area contributed by atoms with Crippen molar-refractivity contribution in [3.8, 4) is 11.3 Å². The Morgan fingerprint density at radius 2 is 2.14 bits per heavy atom. The van der Waals surface area contributed by atoms with Crippen LogP contribution in [0.25, 0.3) is 27.1 Å². The van der Waals surface area contributed by atoms with Gasteiger partial charge in [0.1, 0.15) is 16.9 Å². The van der Waals surface area contributed by atoms with Gasteiger partial charge in [0.15, 0.2) is 5.65 Å². The van der Waals surface area contributed by atoms with Gasteiger partial charge in [-0.3, -0.25) is 9.69 Å². The molecule has 2 unspecified atom stereocenters. The van der Waals surface area contributed by atoms with Crippen LogP contribution in [0, 0.1) is 12.8 Å². The summed E-state index contributed by atoms with van der Waals surface area (Å²) >= 11 is 2.00. The number of thiophene rings is 1. The Bertz CT molecular complexity index is 1510. The molecule has 0 radical (unpaired) electrons. The maximum absolute atomic E-state index is 11.6. The van der Waals surface area contributed by atoms with Crippen LogP contribution in [0.4, 0.5) is 0 Å². The third kappa shape index (κ3) is 3.07. The third-order valence-corrected chi connectivity index (χ3v) is 10.3. The number of nitrogens with zero attached hydrogens (tertiary/aromatic N) is 4. The van der Waals surface area contributed by atoms with E-state index in [0.717, 1.165) is 31.6 Å². The summed E-state index contributed by atoms with van der Waals surface area (Å²) in [6.07, 6.45) is 9.72. The normalized spacial score (nSPS) is 24.0. The molecule has 4 aromatic rings. The molecule has 4 aromatic heterocycles. The molecule has 1 N–H and O–H groups in total. The van der Waals surface area contributed by atoms with Gasteiger partial charge in [-0.05, 0) is 81.0 Å². The van der Waals surface area contributed by atoms with Crippen molar-refractivity contribution >= 4 is 33.0 Å². The number of aromatic amines is 1. The Morgan fingerprint density at radius 1 is 1.31 bits per heavy atom. The molecule has 0 bridgehead atoms. The monoisotopic (exact) mass is 487 g/mol. The summed E-state index contributed by atoms with van der Waals surface area (Å²) < 4.78 is 1.97.